The van der Waals surface area contributed by atoms with E-state index in [0.717, 1.165) is 74.2 Å². The molecule has 6 nitrogen and oxygen atoms in total. The van der Waals surface area contributed by atoms with Crippen LogP contribution in [0.5, 0.6) is 5.75 Å². The fraction of sp³-hybridized carbons (Fsp3) is 0.286. The summed E-state index contributed by atoms with van der Waals surface area (Å²) >= 11 is 0. The van der Waals surface area contributed by atoms with Crippen molar-refractivity contribution in [1.29, 1.82) is 0 Å². The fourth-order valence-corrected chi connectivity index (χ4v) is 5.29. The molecule has 0 unspecified atom stereocenters. The molecule has 1 fully saturated rings. The molecule has 0 spiro atoms. The Morgan fingerprint density at radius 3 is 2.26 bits per heavy atom. The highest BCUT2D eigenvalue weighted by Crippen LogP contribution is 2.28. The van der Waals surface area contributed by atoms with Crippen molar-refractivity contribution in [1.82, 2.24) is 10.2 Å². The van der Waals surface area contributed by atoms with Crippen molar-refractivity contribution in [2.45, 2.75) is 38.3 Å². The number of hydrogen-bond donors (Lipinski definition) is 3. The number of phenols is 1. The molecule has 0 aromatic heterocycles. The van der Waals surface area contributed by atoms with Gasteiger partial charge in [0.15, 0.2) is 11.6 Å². The molecule has 1 amide bonds. The number of ether oxygens (including phenoxy) is 1. The van der Waals surface area contributed by atoms with E-state index >= 15 is 0 Å². The molecule has 0 atom stereocenters. The largest absolute Gasteiger partial charge is 0.505 e. The van der Waals surface area contributed by atoms with Gasteiger partial charge >= 0.3 is 6.09 Å². The van der Waals surface area contributed by atoms with Gasteiger partial charge in [-0.05, 0) is 72.7 Å². The van der Waals surface area contributed by atoms with Crippen molar-refractivity contribution in [3.63, 3.8) is 0 Å². The molecule has 1 aliphatic heterocycles. The normalized spacial score (nSPS) is 14.0. The van der Waals surface area contributed by atoms with Crippen LogP contribution in [-0.4, -0.2) is 48.4 Å². The third-order valence-electron chi connectivity index (χ3n) is 7.73. The summed E-state index contributed by atoms with van der Waals surface area (Å²) in [6, 6.07) is 31.0. The molecule has 5 rings (SSSR count). The minimum atomic E-state index is -0.591. The number of anilines is 1. The number of para-hydroxylation sites is 1. The summed E-state index contributed by atoms with van der Waals surface area (Å²) in [6.07, 6.45) is 3.05. The number of piperidine rings is 1. The number of aromatic hydroxyl groups is 1. The standard InChI is InChI=1S/C35H38FN3O3/c36-32-24-28(14-15-34(32)40)25-37-20-16-26-10-12-27(13-11-26)17-21-39-22-18-30(19-23-39)42-35(41)38-33-9-5-4-8-31(33)29-6-2-1-3-7-29/h1-15,24,30,37,40H,16-23,25H2,(H,38,41). The highest BCUT2D eigenvalue weighted by Gasteiger charge is 2.22. The summed E-state index contributed by atoms with van der Waals surface area (Å²) in [4.78, 5) is 15.1. The maximum absolute atomic E-state index is 13.5. The number of carbonyl (C=O) groups is 1. The molecular formula is C35H38FN3O3. The lowest BCUT2D eigenvalue weighted by molar-refractivity contribution is 0.0593. The zero-order valence-electron chi connectivity index (χ0n) is 23.8. The smallest absolute Gasteiger partial charge is 0.411 e. The first-order valence-corrected chi connectivity index (χ1v) is 14.6. The van der Waals surface area contributed by atoms with Gasteiger partial charge in [0.2, 0.25) is 0 Å². The molecule has 218 valence electrons. The second-order valence-electron chi connectivity index (χ2n) is 10.8. The van der Waals surface area contributed by atoms with Crippen LogP contribution in [0.3, 0.4) is 0 Å². The summed E-state index contributed by atoms with van der Waals surface area (Å²) in [5.41, 5.74) is 6.14. The van der Waals surface area contributed by atoms with Gasteiger partial charge in [-0.25, -0.2) is 9.18 Å². The van der Waals surface area contributed by atoms with Gasteiger partial charge in [0.05, 0.1) is 5.69 Å². The van der Waals surface area contributed by atoms with E-state index in [0.29, 0.717) is 6.54 Å². The molecule has 7 heteroatoms. The maximum Gasteiger partial charge on any atom is 0.411 e. The molecular weight excluding hydrogens is 529 g/mol. The Morgan fingerprint density at radius 2 is 1.52 bits per heavy atom. The highest BCUT2D eigenvalue weighted by molar-refractivity contribution is 5.91. The topological polar surface area (TPSA) is 73.8 Å². The molecule has 42 heavy (non-hydrogen) atoms. The Morgan fingerprint density at radius 1 is 0.857 bits per heavy atom. The molecule has 1 aliphatic rings. The van der Waals surface area contributed by atoms with Crippen LogP contribution in [0.1, 0.15) is 29.5 Å². The zero-order chi connectivity index (χ0) is 29.1. The Hall–Kier alpha value is -4.20. The Labute approximate surface area is 247 Å². The highest BCUT2D eigenvalue weighted by atomic mass is 19.1. The van der Waals surface area contributed by atoms with Crippen LogP contribution in [0, 0.1) is 5.82 Å². The van der Waals surface area contributed by atoms with Crippen LogP contribution in [0.25, 0.3) is 11.1 Å². The van der Waals surface area contributed by atoms with Crippen molar-refractivity contribution < 1.29 is 19.0 Å². The lowest BCUT2D eigenvalue weighted by Crippen LogP contribution is -2.39. The quantitative estimate of drug-likeness (QED) is 0.174. The van der Waals surface area contributed by atoms with Crippen LogP contribution in [0.15, 0.2) is 97.1 Å². The number of nitrogens with one attached hydrogen (secondary N) is 2. The van der Waals surface area contributed by atoms with E-state index in [1.165, 1.54) is 23.3 Å². The fourth-order valence-electron chi connectivity index (χ4n) is 5.29. The number of nitrogens with zero attached hydrogens (tertiary/aromatic N) is 1. The summed E-state index contributed by atoms with van der Waals surface area (Å²) in [5, 5.41) is 15.6. The predicted octanol–water partition coefficient (Wildman–Crippen LogP) is 6.79. The van der Waals surface area contributed by atoms with Gasteiger partial charge in [-0.15, -0.1) is 0 Å². The minimum Gasteiger partial charge on any atom is -0.505 e. The lowest BCUT2D eigenvalue weighted by atomic mass is 10.0. The van der Waals surface area contributed by atoms with Crippen molar-refractivity contribution in [3.05, 3.63) is 120 Å². The van der Waals surface area contributed by atoms with Gasteiger partial charge in [-0.2, -0.15) is 0 Å². The molecule has 0 saturated carbocycles. The van der Waals surface area contributed by atoms with Crippen LogP contribution >= 0.6 is 0 Å². The van der Waals surface area contributed by atoms with Crippen LogP contribution in [-0.2, 0) is 24.1 Å². The van der Waals surface area contributed by atoms with Crippen molar-refractivity contribution >= 4 is 11.8 Å². The van der Waals surface area contributed by atoms with Gasteiger partial charge in [-0.3, -0.25) is 5.32 Å². The average Bonchev–Trinajstić information content (AvgIpc) is 3.02. The first kappa shape index (κ1) is 29.3. The second-order valence-corrected chi connectivity index (χ2v) is 10.8. The van der Waals surface area contributed by atoms with Gasteiger partial charge in [0.25, 0.3) is 0 Å². The first-order valence-electron chi connectivity index (χ1n) is 14.6. The van der Waals surface area contributed by atoms with Crippen LogP contribution < -0.4 is 10.6 Å². The number of phenolic OH excluding ortho intramolecular Hbond substituents is 1. The number of rotatable bonds is 11. The first-order chi connectivity index (χ1) is 20.5. The molecule has 3 N–H and O–H groups in total. The van der Waals surface area contributed by atoms with Gasteiger partial charge < -0.3 is 20.1 Å². The summed E-state index contributed by atoms with van der Waals surface area (Å²) in [6.45, 7) is 4.15. The number of hydrogen-bond acceptors (Lipinski definition) is 5. The Balaban J connectivity index is 0.988. The number of benzene rings is 4. The van der Waals surface area contributed by atoms with E-state index in [-0.39, 0.29) is 11.9 Å². The van der Waals surface area contributed by atoms with Gasteiger partial charge in [0.1, 0.15) is 6.10 Å². The monoisotopic (exact) mass is 567 g/mol. The summed E-state index contributed by atoms with van der Waals surface area (Å²) in [5.74, 6) is -0.912. The Kier molecular flexibility index (Phi) is 10.2. The molecule has 1 heterocycles. The van der Waals surface area contributed by atoms with Gasteiger partial charge in [0, 0.05) is 31.7 Å². The molecule has 0 bridgehead atoms. The van der Waals surface area contributed by atoms with E-state index in [1.54, 1.807) is 6.07 Å². The number of halogens is 1. The molecule has 4 aromatic rings. The second kappa shape index (κ2) is 14.6. The van der Waals surface area contributed by atoms with E-state index in [2.05, 4.69) is 39.8 Å². The van der Waals surface area contributed by atoms with Crippen LogP contribution in [0.4, 0.5) is 14.9 Å². The number of likely N-dealkylation sites (tertiary alicyclic amines) is 1. The van der Waals surface area contributed by atoms with E-state index < -0.39 is 11.9 Å². The minimum absolute atomic E-state index is 0.0777. The SMILES string of the molecule is O=C(Nc1ccccc1-c1ccccc1)OC1CCN(CCc2ccc(CCNCc3ccc(O)c(F)c3)cc2)CC1. The lowest BCUT2D eigenvalue weighted by Gasteiger charge is -2.31. The Bertz CT molecular complexity index is 1440. The van der Waals surface area contributed by atoms with E-state index in [9.17, 15) is 14.3 Å². The molecule has 4 aromatic carbocycles. The van der Waals surface area contributed by atoms with Gasteiger partial charge in [-0.1, -0.05) is 78.9 Å². The summed E-state index contributed by atoms with van der Waals surface area (Å²) < 4.78 is 19.2. The van der Waals surface area contributed by atoms with E-state index in [1.807, 2.05) is 54.6 Å². The maximum atomic E-state index is 13.5. The van der Waals surface area contributed by atoms with E-state index in [4.69, 9.17) is 4.74 Å². The number of amides is 1. The third kappa shape index (κ3) is 8.41. The predicted molar refractivity (Wildman–Crippen MR) is 165 cm³/mol. The summed E-state index contributed by atoms with van der Waals surface area (Å²) in [7, 11) is 0. The third-order valence-corrected chi connectivity index (χ3v) is 7.73. The average molecular weight is 568 g/mol. The number of carbonyl (C=O) groups excluding carboxylic acids is 1. The van der Waals surface area contributed by atoms with Crippen LogP contribution in [0.2, 0.25) is 0 Å². The zero-order valence-corrected chi connectivity index (χ0v) is 23.8. The molecule has 0 aliphatic carbocycles. The molecule has 1 saturated heterocycles. The van der Waals surface area contributed by atoms with Crippen molar-refractivity contribution in [2.75, 3.05) is 31.5 Å². The molecule has 0 radical (unpaired) electrons. The van der Waals surface area contributed by atoms with Crippen molar-refractivity contribution in [2.24, 2.45) is 0 Å². The van der Waals surface area contributed by atoms with Crippen molar-refractivity contribution in [3.8, 4) is 16.9 Å².